The van der Waals surface area contributed by atoms with E-state index in [0.29, 0.717) is 18.3 Å². The van der Waals surface area contributed by atoms with Crippen molar-refractivity contribution < 1.29 is 9.53 Å². The number of likely N-dealkylation sites (N-methyl/N-ethyl adjacent to an activating group) is 1. The smallest absolute Gasteiger partial charge is 0.224 e. The summed E-state index contributed by atoms with van der Waals surface area (Å²) in [5, 5.41) is 0.962. The number of nitrogens with zero attached hydrogens (tertiary/aromatic N) is 5. The van der Waals surface area contributed by atoms with Crippen LogP contribution in [-0.4, -0.2) is 77.6 Å². The van der Waals surface area contributed by atoms with Crippen molar-refractivity contribution in [1.29, 1.82) is 0 Å². The first-order valence-corrected chi connectivity index (χ1v) is 10.7. The highest BCUT2D eigenvalue weighted by molar-refractivity contribution is 5.86. The van der Waals surface area contributed by atoms with Crippen molar-refractivity contribution in [1.82, 2.24) is 19.8 Å². The van der Waals surface area contributed by atoms with E-state index in [0.717, 1.165) is 56.5 Å². The summed E-state index contributed by atoms with van der Waals surface area (Å²) in [6.07, 6.45) is 4.48. The number of piperidine rings is 1. The second-order valence-corrected chi connectivity index (χ2v) is 8.39. The second kappa shape index (κ2) is 8.53. The van der Waals surface area contributed by atoms with Crippen LogP contribution in [0.25, 0.3) is 10.9 Å². The molecule has 0 bridgehead atoms. The van der Waals surface area contributed by atoms with E-state index in [-0.39, 0.29) is 12.0 Å². The van der Waals surface area contributed by atoms with Gasteiger partial charge in [-0.25, -0.2) is 9.97 Å². The van der Waals surface area contributed by atoms with E-state index < -0.39 is 0 Å². The van der Waals surface area contributed by atoms with Crippen LogP contribution in [-0.2, 0) is 4.79 Å². The van der Waals surface area contributed by atoms with Gasteiger partial charge in [-0.3, -0.25) is 9.69 Å². The molecule has 0 spiro atoms. The molecule has 0 aliphatic carbocycles. The number of carbonyl (C=O) groups is 1. The predicted octanol–water partition coefficient (Wildman–Crippen LogP) is 2.55. The summed E-state index contributed by atoms with van der Waals surface area (Å²) < 4.78 is 5.88. The molecule has 2 saturated heterocycles. The summed E-state index contributed by atoms with van der Waals surface area (Å²) in [4.78, 5) is 27.5. The van der Waals surface area contributed by atoms with Crippen molar-refractivity contribution in [2.75, 3.05) is 44.7 Å². The Hall–Kier alpha value is -2.41. The number of amides is 1. The molecule has 7 heteroatoms. The van der Waals surface area contributed by atoms with Gasteiger partial charge in [-0.05, 0) is 44.9 Å². The number of aromatic nitrogens is 2. The number of hydrogen-bond acceptors (Lipinski definition) is 6. The number of likely N-dealkylation sites (tertiary alicyclic amines) is 1. The van der Waals surface area contributed by atoms with Gasteiger partial charge >= 0.3 is 0 Å². The Balaban J connectivity index is 1.42. The molecule has 4 rings (SSSR count). The summed E-state index contributed by atoms with van der Waals surface area (Å²) >= 11 is 0. The minimum atomic E-state index is 0.0742. The Morgan fingerprint density at radius 3 is 2.72 bits per heavy atom. The predicted molar refractivity (Wildman–Crippen MR) is 114 cm³/mol. The third-order valence-electron chi connectivity index (χ3n) is 6.01. The average Bonchev–Trinajstić information content (AvgIpc) is 2.72. The van der Waals surface area contributed by atoms with Crippen LogP contribution in [0.4, 0.5) is 5.69 Å². The molecule has 0 radical (unpaired) electrons. The molecule has 1 atom stereocenters. The van der Waals surface area contributed by atoms with E-state index in [4.69, 9.17) is 4.74 Å². The first-order valence-electron chi connectivity index (χ1n) is 10.7. The highest BCUT2D eigenvalue weighted by atomic mass is 16.5. The molecule has 7 nitrogen and oxygen atoms in total. The topological polar surface area (TPSA) is 61.8 Å². The summed E-state index contributed by atoms with van der Waals surface area (Å²) in [5.41, 5.74) is 2.09. The molecule has 2 aromatic rings. The molecule has 1 unspecified atom stereocenters. The fourth-order valence-corrected chi connectivity index (χ4v) is 4.30. The van der Waals surface area contributed by atoms with Gasteiger partial charge in [0.05, 0.1) is 17.0 Å². The van der Waals surface area contributed by atoms with Gasteiger partial charge in [0.15, 0.2) is 0 Å². The number of ether oxygens (including phenoxy) is 1. The van der Waals surface area contributed by atoms with E-state index in [2.05, 4.69) is 38.0 Å². The van der Waals surface area contributed by atoms with Gasteiger partial charge in [-0.2, -0.15) is 0 Å². The molecule has 1 aromatic carbocycles. The van der Waals surface area contributed by atoms with E-state index in [1.807, 2.05) is 25.8 Å². The summed E-state index contributed by atoms with van der Waals surface area (Å²) in [6, 6.07) is 6.69. The van der Waals surface area contributed by atoms with Crippen LogP contribution in [0.1, 0.15) is 33.1 Å². The van der Waals surface area contributed by atoms with E-state index in [1.54, 1.807) is 6.33 Å². The maximum absolute atomic E-state index is 12.0. The van der Waals surface area contributed by atoms with E-state index in [9.17, 15) is 4.79 Å². The largest absolute Gasteiger partial charge is 0.474 e. The lowest BCUT2D eigenvalue weighted by molar-refractivity contribution is -0.135. The summed E-state index contributed by atoms with van der Waals surface area (Å²) in [7, 11) is 1.95. The SMILES string of the molecule is CC(C)Oc1ncnc2ccc(N3CCN(CC4CCCC(=O)N4C)CC3)cc12. The summed E-state index contributed by atoms with van der Waals surface area (Å²) in [5.74, 6) is 0.938. The lowest BCUT2D eigenvalue weighted by Gasteiger charge is -2.40. The zero-order valence-corrected chi connectivity index (χ0v) is 17.7. The lowest BCUT2D eigenvalue weighted by atomic mass is 10.0. The van der Waals surface area contributed by atoms with Gasteiger partial charge < -0.3 is 14.5 Å². The minimum absolute atomic E-state index is 0.0742. The third-order valence-corrected chi connectivity index (χ3v) is 6.01. The molecular formula is C22H31N5O2. The Morgan fingerprint density at radius 1 is 1.17 bits per heavy atom. The Bertz CT molecular complexity index is 863. The highest BCUT2D eigenvalue weighted by Gasteiger charge is 2.28. The maximum Gasteiger partial charge on any atom is 0.224 e. The zero-order chi connectivity index (χ0) is 20.4. The van der Waals surface area contributed by atoms with E-state index >= 15 is 0 Å². The quantitative estimate of drug-likeness (QED) is 0.773. The lowest BCUT2D eigenvalue weighted by Crippen LogP contribution is -2.52. The molecule has 3 heterocycles. The van der Waals surface area contributed by atoms with Crippen molar-refractivity contribution >= 4 is 22.5 Å². The summed E-state index contributed by atoms with van der Waals surface area (Å²) in [6.45, 7) is 8.97. The maximum atomic E-state index is 12.0. The molecule has 2 fully saturated rings. The first-order chi connectivity index (χ1) is 14.0. The number of benzene rings is 1. The Morgan fingerprint density at radius 2 is 1.97 bits per heavy atom. The molecule has 1 aromatic heterocycles. The highest BCUT2D eigenvalue weighted by Crippen LogP contribution is 2.28. The first kappa shape index (κ1) is 19.9. The molecule has 1 amide bonds. The van der Waals surface area contributed by atoms with Crippen molar-refractivity contribution in [2.24, 2.45) is 0 Å². The molecule has 2 aliphatic heterocycles. The minimum Gasteiger partial charge on any atom is -0.474 e. The zero-order valence-electron chi connectivity index (χ0n) is 17.7. The molecule has 0 saturated carbocycles. The van der Waals surface area contributed by atoms with Crippen LogP contribution in [0.5, 0.6) is 5.88 Å². The molecular weight excluding hydrogens is 366 g/mol. The third kappa shape index (κ3) is 4.45. The molecule has 156 valence electrons. The van der Waals surface area contributed by atoms with Crippen LogP contribution in [0, 0.1) is 0 Å². The van der Waals surface area contributed by atoms with Gasteiger partial charge in [0.1, 0.15) is 6.33 Å². The van der Waals surface area contributed by atoms with Crippen LogP contribution in [0.2, 0.25) is 0 Å². The van der Waals surface area contributed by atoms with Gasteiger partial charge in [0, 0.05) is 57.9 Å². The average molecular weight is 398 g/mol. The van der Waals surface area contributed by atoms with Gasteiger partial charge in [-0.15, -0.1) is 0 Å². The molecule has 0 N–H and O–H groups in total. The number of piperazine rings is 1. The van der Waals surface area contributed by atoms with Crippen molar-refractivity contribution in [3.8, 4) is 5.88 Å². The number of fused-ring (bicyclic) bond motifs is 1. The number of hydrogen-bond donors (Lipinski definition) is 0. The van der Waals surface area contributed by atoms with E-state index in [1.165, 1.54) is 5.69 Å². The number of anilines is 1. The van der Waals surface area contributed by atoms with Gasteiger partial charge in [-0.1, -0.05) is 0 Å². The van der Waals surface area contributed by atoms with Gasteiger partial charge in [0.2, 0.25) is 11.8 Å². The fraction of sp³-hybridized carbons (Fsp3) is 0.591. The monoisotopic (exact) mass is 397 g/mol. The van der Waals surface area contributed by atoms with Crippen molar-refractivity contribution in [3.05, 3.63) is 24.5 Å². The Kier molecular flexibility index (Phi) is 5.85. The number of rotatable bonds is 5. The van der Waals surface area contributed by atoms with Crippen LogP contribution in [0.3, 0.4) is 0 Å². The second-order valence-electron chi connectivity index (χ2n) is 8.39. The fourth-order valence-electron chi connectivity index (χ4n) is 4.30. The van der Waals surface area contributed by atoms with Crippen molar-refractivity contribution in [2.45, 2.75) is 45.3 Å². The standard InChI is InChI=1S/C22H31N5O2/c1-16(2)29-22-19-13-17(7-8-20(19)23-15-24-22)27-11-9-26(10-12-27)14-18-5-4-6-21(28)25(18)3/h7-8,13,15-16,18H,4-6,9-12,14H2,1-3H3. The van der Waals surface area contributed by atoms with Crippen LogP contribution >= 0.6 is 0 Å². The van der Waals surface area contributed by atoms with Crippen molar-refractivity contribution in [3.63, 3.8) is 0 Å². The van der Waals surface area contributed by atoms with Gasteiger partial charge in [0.25, 0.3) is 0 Å². The van der Waals surface area contributed by atoms with Crippen LogP contribution in [0.15, 0.2) is 24.5 Å². The molecule has 2 aliphatic rings. The van der Waals surface area contributed by atoms with Crippen LogP contribution < -0.4 is 9.64 Å². The Labute approximate surface area is 172 Å². The normalized spacial score (nSPS) is 21.2. The number of carbonyl (C=O) groups excluding carboxylic acids is 1. The molecule has 29 heavy (non-hydrogen) atoms.